The molecular formula is C20H22ClN7O2. The highest BCUT2D eigenvalue weighted by Crippen LogP contribution is 2.23. The first-order valence-corrected chi connectivity index (χ1v) is 10.1. The second kappa shape index (κ2) is 8.66. The number of carbonyl (C=O) groups excluding carboxylic acids is 2. The maximum absolute atomic E-state index is 12.5. The van der Waals surface area contributed by atoms with E-state index < -0.39 is 0 Å². The van der Waals surface area contributed by atoms with Crippen LogP contribution in [0, 0.1) is 12.8 Å². The average molecular weight is 428 g/mol. The Morgan fingerprint density at radius 3 is 2.77 bits per heavy atom. The molecular weight excluding hydrogens is 406 g/mol. The molecule has 0 bridgehead atoms. The predicted molar refractivity (Wildman–Crippen MR) is 114 cm³/mol. The van der Waals surface area contributed by atoms with Crippen molar-refractivity contribution in [2.75, 3.05) is 29.9 Å². The molecule has 2 aromatic heterocycles. The van der Waals surface area contributed by atoms with E-state index >= 15 is 0 Å². The maximum atomic E-state index is 12.5. The third-order valence-corrected chi connectivity index (χ3v) is 5.47. The van der Waals surface area contributed by atoms with Crippen LogP contribution in [-0.2, 0) is 9.59 Å². The number of nitrogens with zero attached hydrogens (tertiary/aromatic N) is 5. The van der Waals surface area contributed by atoms with Gasteiger partial charge in [0.2, 0.25) is 11.8 Å². The number of carbonyl (C=O) groups is 2. The number of anilines is 2. The fourth-order valence-corrected chi connectivity index (χ4v) is 3.77. The second-order valence-corrected chi connectivity index (χ2v) is 7.74. The van der Waals surface area contributed by atoms with E-state index in [1.807, 2.05) is 25.1 Å². The zero-order valence-electron chi connectivity index (χ0n) is 16.5. The first-order chi connectivity index (χ1) is 14.5. The molecule has 30 heavy (non-hydrogen) atoms. The third kappa shape index (κ3) is 4.51. The van der Waals surface area contributed by atoms with Crippen LogP contribution in [0.3, 0.4) is 0 Å². The highest BCUT2D eigenvalue weighted by molar-refractivity contribution is 6.33. The minimum Gasteiger partial charge on any atom is -0.355 e. The van der Waals surface area contributed by atoms with Crippen LogP contribution in [0.1, 0.15) is 18.4 Å². The largest absolute Gasteiger partial charge is 0.355 e. The van der Waals surface area contributed by atoms with Crippen LogP contribution in [0.5, 0.6) is 0 Å². The number of hydrogen-bond acceptors (Lipinski definition) is 6. The lowest BCUT2D eigenvalue weighted by atomic mass is 9.96. The topological polar surface area (TPSA) is 105 Å². The van der Waals surface area contributed by atoms with Gasteiger partial charge in [0, 0.05) is 19.0 Å². The van der Waals surface area contributed by atoms with E-state index in [-0.39, 0.29) is 24.3 Å². The van der Waals surface area contributed by atoms with Crippen molar-refractivity contribution in [1.82, 2.24) is 25.1 Å². The van der Waals surface area contributed by atoms with E-state index in [9.17, 15) is 9.59 Å². The van der Waals surface area contributed by atoms with Gasteiger partial charge in [0.05, 0.1) is 17.3 Å². The van der Waals surface area contributed by atoms with E-state index in [0.29, 0.717) is 42.3 Å². The second-order valence-electron chi connectivity index (χ2n) is 7.34. The molecule has 1 aliphatic heterocycles. The minimum absolute atomic E-state index is 0.0882. The van der Waals surface area contributed by atoms with Crippen LogP contribution in [0.2, 0.25) is 5.02 Å². The molecule has 0 atom stereocenters. The molecule has 2 N–H and O–H groups in total. The van der Waals surface area contributed by atoms with Gasteiger partial charge in [-0.25, -0.2) is 0 Å². The molecule has 1 aliphatic rings. The monoisotopic (exact) mass is 427 g/mol. The molecule has 3 heterocycles. The molecule has 0 radical (unpaired) electrons. The summed E-state index contributed by atoms with van der Waals surface area (Å²) < 4.78 is 1.63. The van der Waals surface area contributed by atoms with Crippen LogP contribution in [0.15, 0.2) is 36.7 Å². The number of rotatable bonds is 5. The summed E-state index contributed by atoms with van der Waals surface area (Å²) in [5.74, 6) is 0.283. The summed E-state index contributed by atoms with van der Waals surface area (Å²) in [6.07, 6.45) is 2.95. The first-order valence-electron chi connectivity index (χ1n) is 9.75. The van der Waals surface area contributed by atoms with Crippen LogP contribution in [0.25, 0.3) is 5.65 Å². The summed E-state index contributed by atoms with van der Waals surface area (Å²) >= 11 is 6.13. The number of piperidine rings is 1. The van der Waals surface area contributed by atoms with E-state index in [1.54, 1.807) is 23.0 Å². The Labute approximate surface area is 178 Å². The van der Waals surface area contributed by atoms with Gasteiger partial charge in [0.1, 0.15) is 12.1 Å². The van der Waals surface area contributed by atoms with Crippen molar-refractivity contribution in [2.24, 2.45) is 5.92 Å². The number of benzene rings is 1. The molecule has 156 valence electrons. The number of aromatic nitrogens is 4. The lowest BCUT2D eigenvalue weighted by molar-refractivity contribution is -0.127. The lowest BCUT2D eigenvalue weighted by Gasteiger charge is -2.31. The zero-order chi connectivity index (χ0) is 21.1. The van der Waals surface area contributed by atoms with Gasteiger partial charge in [0.15, 0.2) is 5.65 Å². The van der Waals surface area contributed by atoms with Crippen molar-refractivity contribution < 1.29 is 9.59 Å². The number of hydrogen-bond donors (Lipinski definition) is 2. The fraction of sp³-hybridized carbons (Fsp3) is 0.350. The summed E-state index contributed by atoms with van der Waals surface area (Å²) in [7, 11) is 0. The summed E-state index contributed by atoms with van der Waals surface area (Å²) in [6, 6.07) is 9.17. The molecule has 0 spiro atoms. The Balaban J connectivity index is 1.25. The van der Waals surface area contributed by atoms with E-state index in [0.717, 1.165) is 11.4 Å². The van der Waals surface area contributed by atoms with Gasteiger partial charge in [-0.1, -0.05) is 17.7 Å². The number of amides is 2. The smallest absolute Gasteiger partial charge is 0.243 e. The summed E-state index contributed by atoms with van der Waals surface area (Å²) in [5, 5.41) is 18.2. The molecule has 1 saturated heterocycles. The SMILES string of the molecule is Cc1ccc(NC(=O)CNC(=O)C2CCN(c3ccc4nncn4n3)CC2)c(Cl)c1. The molecule has 2 amide bonds. The molecule has 10 heteroatoms. The Hall–Kier alpha value is -3.20. The van der Waals surface area contributed by atoms with Gasteiger partial charge in [-0.05, 0) is 49.6 Å². The number of fused-ring (bicyclic) bond motifs is 1. The maximum Gasteiger partial charge on any atom is 0.243 e. The fourth-order valence-electron chi connectivity index (χ4n) is 3.49. The molecule has 0 unspecified atom stereocenters. The number of aryl methyl sites for hydroxylation is 1. The Morgan fingerprint density at radius 1 is 1.20 bits per heavy atom. The summed E-state index contributed by atoms with van der Waals surface area (Å²) in [6.45, 7) is 3.26. The minimum atomic E-state index is -0.307. The van der Waals surface area contributed by atoms with E-state index in [2.05, 4.69) is 30.8 Å². The molecule has 9 nitrogen and oxygen atoms in total. The normalized spacial score (nSPS) is 14.7. The van der Waals surface area contributed by atoms with Gasteiger partial charge >= 0.3 is 0 Å². The molecule has 0 aliphatic carbocycles. The zero-order valence-corrected chi connectivity index (χ0v) is 17.3. The van der Waals surface area contributed by atoms with Crippen molar-refractivity contribution in [3.05, 3.63) is 47.2 Å². The van der Waals surface area contributed by atoms with E-state index in [1.165, 1.54) is 0 Å². The standard InChI is InChI=1S/C20H22ClN7O2/c1-13-2-3-16(15(21)10-13)24-19(29)11-22-20(30)14-6-8-27(9-7-14)18-5-4-17-25-23-12-28(17)26-18/h2-5,10,12,14H,6-9,11H2,1H3,(H,22,30)(H,24,29). The van der Waals surface area contributed by atoms with Crippen molar-refractivity contribution >= 4 is 40.6 Å². The summed E-state index contributed by atoms with van der Waals surface area (Å²) in [5.41, 5.74) is 2.24. The highest BCUT2D eigenvalue weighted by Gasteiger charge is 2.26. The average Bonchev–Trinajstić information content (AvgIpc) is 3.22. The summed E-state index contributed by atoms with van der Waals surface area (Å²) in [4.78, 5) is 26.8. The molecule has 4 rings (SSSR count). The van der Waals surface area contributed by atoms with Gasteiger partial charge < -0.3 is 15.5 Å². The molecule has 1 aromatic carbocycles. The van der Waals surface area contributed by atoms with Crippen LogP contribution in [-0.4, -0.2) is 51.3 Å². The van der Waals surface area contributed by atoms with Gasteiger partial charge in [0.25, 0.3) is 0 Å². The van der Waals surface area contributed by atoms with Crippen molar-refractivity contribution in [2.45, 2.75) is 19.8 Å². The van der Waals surface area contributed by atoms with E-state index in [4.69, 9.17) is 11.6 Å². The lowest BCUT2D eigenvalue weighted by Crippen LogP contribution is -2.42. The first kappa shape index (κ1) is 20.1. The Morgan fingerprint density at radius 2 is 2.00 bits per heavy atom. The quantitative estimate of drug-likeness (QED) is 0.645. The number of nitrogens with one attached hydrogen (secondary N) is 2. The Bertz CT molecular complexity index is 1080. The Kier molecular flexibility index (Phi) is 5.80. The number of halogens is 1. The molecule has 1 fully saturated rings. The van der Waals surface area contributed by atoms with Crippen molar-refractivity contribution in [1.29, 1.82) is 0 Å². The highest BCUT2D eigenvalue weighted by atomic mass is 35.5. The van der Waals surface area contributed by atoms with Gasteiger partial charge in [-0.3, -0.25) is 9.59 Å². The third-order valence-electron chi connectivity index (χ3n) is 5.16. The predicted octanol–water partition coefficient (Wildman–Crippen LogP) is 2.06. The van der Waals surface area contributed by atoms with Crippen LogP contribution < -0.4 is 15.5 Å². The van der Waals surface area contributed by atoms with Crippen molar-refractivity contribution in [3.63, 3.8) is 0 Å². The van der Waals surface area contributed by atoms with Crippen LogP contribution >= 0.6 is 11.6 Å². The van der Waals surface area contributed by atoms with Crippen molar-refractivity contribution in [3.8, 4) is 0 Å². The van der Waals surface area contributed by atoms with Crippen LogP contribution in [0.4, 0.5) is 11.5 Å². The van der Waals surface area contributed by atoms with Gasteiger partial charge in [-0.2, -0.15) is 4.52 Å². The molecule has 3 aromatic rings. The molecule has 0 saturated carbocycles. The van der Waals surface area contributed by atoms with Gasteiger partial charge in [-0.15, -0.1) is 15.3 Å².